The highest BCUT2D eigenvalue weighted by atomic mass is 19.2. The van der Waals surface area contributed by atoms with Gasteiger partial charge in [0.25, 0.3) is 0 Å². The molecule has 0 bridgehead atoms. The van der Waals surface area contributed by atoms with E-state index in [0.717, 1.165) is 12.1 Å². The molecule has 1 aliphatic carbocycles. The highest BCUT2D eigenvalue weighted by molar-refractivity contribution is 5.78. The van der Waals surface area contributed by atoms with Gasteiger partial charge in [-0.2, -0.15) is 0 Å². The van der Waals surface area contributed by atoms with Gasteiger partial charge in [0.1, 0.15) is 0 Å². The quantitative estimate of drug-likeness (QED) is 0.829. The van der Waals surface area contributed by atoms with E-state index in [4.69, 9.17) is 5.11 Å². The van der Waals surface area contributed by atoms with Crippen molar-refractivity contribution < 1.29 is 18.7 Å². The van der Waals surface area contributed by atoms with Crippen LogP contribution in [0.4, 0.5) is 14.5 Å². The Morgan fingerprint density at radius 2 is 2.06 bits per heavy atom. The van der Waals surface area contributed by atoms with E-state index < -0.39 is 23.0 Å². The number of anilines is 1. The monoisotopic (exact) mass is 227 g/mol. The lowest BCUT2D eigenvalue weighted by molar-refractivity contribution is -0.142. The summed E-state index contributed by atoms with van der Waals surface area (Å²) in [7, 11) is 0. The molecule has 86 valence electrons. The van der Waals surface area contributed by atoms with Crippen molar-refractivity contribution in [3.8, 4) is 0 Å². The molecule has 0 radical (unpaired) electrons. The number of aliphatic carboxylic acids is 1. The molecule has 3 nitrogen and oxygen atoms in total. The topological polar surface area (TPSA) is 49.3 Å². The number of carboxylic acids is 1. The lowest BCUT2D eigenvalue weighted by atomic mass is 10.1. The van der Waals surface area contributed by atoms with Gasteiger partial charge in [-0.3, -0.25) is 4.79 Å². The third-order valence-electron chi connectivity index (χ3n) is 2.86. The maximum atomic E-state index is 12.8. The maximum absolute atomic E-state index is 12.8. The minimum Gasteiger partial charge on any atom is -0.481 e. The SMILES string of the molecule is O=C(O)C1(CNc2ccc(F)c(F)c2)CC1. The van der Waals surface area contributed by atoms with Crippen LogP contribution in [0.3, 0.4) is 0 Å². The predicted octanol–water partition coefficient (Wildman–Crippen LogP) is 2.24. The predicted molar refractivity (Wildman–Crippen MR) is 54.2 cm³/mol. The molecule has 1 fully saturated rings. The van der Waals surface area contributed by atoms with Crippen LogP contribution in [0.25, 0.3) is 0 Å². The van der Waals surface area contributed by atoms with Gasteiger partial charge < -0.3 is 10.4 Å². The Balaban J connectivity index is 2.00. The molecule has 0 amide bonds. The Morgan fingerprint density at radius 3 is 2.56 bits per heavy atom. The average Bonchev–Trinajstić information content (AvgIpc) is 3.01. The van der Waals surface area contributed by atoms with Crippen LogP contribution in [0.15, 0.2) is 18.2 Å². The molecular weight excluding hydrogens is 216 g/mol. The first-order valence-corrected chi connectivity index (χ1v) is 4.96. The molecule has 16 heavy (non-hydrogen) atoms. The summed E-state index contributed by atoms with van der Waals surface area (Å²) in [5, 5.41) is 11.7. The Hall–Kier alpha value is -1.65. The molecule has 2 rings (SSSR count). The fourth-order valence-electron chi connectivity index (χ4n) is 1.49. The van der Waals surface area contributed by atoms with Gasteiger partial charge in [0, 0.05) is 12.2 Å². The zero-order chi connectivity index (χ0) is 11.8. The number of rotatable bonds is 4. The largest absolute Gasteiger partial charge is 0.481 e. The summed E-state index contributed by atoms with van der Waals surface area (Å²) in [6.07, 6.45) is 1.25. The highest BCUT2D eigenvalue weighted by Gasteiger charge is 2.49. The molecular formula is C11H11F2NO2. The van der Waals surface area contributed by atoms with Crippen LogP contribution >= 0.6 is 0 Å². The molecule has 0 unspecified atom stereocenters. The van der Waals surface area contributed by atoms with Crippen LogP contribution < -0.4 is 5.32 Å². The number of carboxylic acid groups (broad SMARTS) is 1. The summed E-state index contributed by atoms with van der Waals surface area (Å²) in [6.45, 7) is 0.243. The number of benzene rings is 1. The summed E-state index contributed by atoms with van der Waals surface area (Å²) in [5.74, 6) is -2.70. The van der Waals surface area contributed by atoms with Gasteiger partial charge in [-0.05, 0) is 31.0 Å². The Morgan fingerprint density at radius 1 is 1.38 bits per heavy atom. The van der Waals surface area contributed by atoms with E-state index in [-0.39, 0.29) is 6.54 Å². The molecule has 0 atom stereocenters. The molecule has 0 spiro atoms. The van der Waals surface area contributed by atoms with Crippen LogP contribution in [0.1, 0.15) is 12.8 Å². The molecule has 0 aromatic heterocycles. The number of hydrogen-bond acceptors (Lipinski definition) is 2. The zero-order valence-electron chi connectivity index (χ0n) is 8.46. The van der Waals surface area contributed by atoms with E-state index >= 15 is 0 Å². The van der Waals surface area contributed by atoms with Gasteiger partial charge in [0.2, 0.25) is 0 Å². The van der Waals surface area contributed by atoms with Crippen molar-refractivity contribution in [2.75, 3.05) is 11.9 Å². The van der Waals surface area contributed by atoms with Crippen molar-refractivity contribution in [1.82, 2.24) is 0 Å². The van der Waals surface area contributed by atoms with Crippen LogP contribution in [0.5, 0.6) is 0 Å². The average molecular weight is 227 g/mol. The summed E-state index contributed by atoms with van der Waals surface area (Å²) in [5.41, 5.74) is -0.323. The molecule has 0 heterocycles. The third kappa shape index (κ3) is 1.98. The first-order chi connectivity index (χ1) is 7.53. The summed E-state index contributed by atoms with van der Waals surface area (Å²) in [6, 6.07) is 3.42. The molecule has 1 aromatic rings. The second-order valence-electron chi connectivity index (χ2n) is 4.07. The molecule has 1 aromatic carbocycles. The van der Waals surface area contributed by atoms with Crippen molar-refractivity contribution in [2.45, 2.75) is 12.8 Å². The Kier molecular flexibility index (Phi) is 2.53. The Bertz CT molecular complexity index is 430. The second kappa shape index (κ2) is 3.73. The highest BCUT2D eigenvalue weighted by Crippen LogP contribution is 2.45. The van der Waals surface area contributed by atoms with Crippen molar-refractivity contribution in [3.05, 3.63) is 29.8 Å². The molecule has 2 N–H and O–H groups in total. The van der Waals surface area contributed by atoms with Crippen molar-refractivity contribution >= 4 is 11.7 Å². The van der Waals surface area contributed by atoms with Crippen molar-refractivity contribution in [2.24, 2.45) is 5.41 Å². The zero-order valence-corrected chi connectivity index (χ0v) is 8.46. The van der Waals surface area contributed by atoms with Crippen molar-refractivity contribution in [1.29, 1.82) is 0 Å². The number of hydrogen-bond donors (Lipinski definition) is 2. The lowest BCUT2D eigenvalue weighted by Crippen LogP contribution is -2.24. The molecule has 1 aliphatic rings. The van der Waals surface area contributed by atoms with Gasteiger partial charge in [-0.25, -0.2) is 8.78 Å². The Labute approximate surface area is 91.1 Å². The minimum absolute atomic E-state index is 0.243. The smallest absolute Gasteiger partial charge is 0.311 e. The molecule has 0 saturated heterocycles. The van der Waals surface area contributed by atoms with E-state index in [2.05, 4.69) is 5.32 Å². The van der Waals surface area contributed by atoms with Gasteiger partial charge in [-0.15, -0.1) is 0 Å². The summed E-state index contributed by atoms with van der Waals surface area (Å²) >= 11 is 0. The lowest BCUT2D eigenvalue weighted by Gasteiger charge is -2.12. The van der Waals surface area contributed by atoms with Crippen molar-refractivity contribution in [3.63, 3.8) is 0 Å². The van der Waals surface area contributed by atoms with E-state index in [9.17, 15) is 13.6 Å². The summed E-state index contributed by atoms with van der Waals surface area (Å²) in [4.78, 5) is 10.9. The fraction of sp³-hybridized carbons (Fsp3) is 0.364. The second-order valence-corrected chi connectivity index (χ2v) is 4.07. The minimum atomic E-state index is -0.940. The summed E-state index contributed by atoms with van der Waals surface area (Å²) < 4.78 is 25.5. The standard InChI is InChI=1S/C11H11F2NO2/c12-8-2-1-7(5-9(8)13)14-6-11(3-4-11)10(15)16/h1-2,5,14H,3-4,6H2,(H,15,16). The maximum Gasteiger partial charge on any atom is 0.311 e. The van der Waals surface area contributed by atoms with Gasteiger partial charge >= 0.3 is 5.97 Å². The van der Waals surface area contributed by atoms with Gasteiger partial charge in [0.15, 0.2) is 11.6 Å². The first-order valence-electron chi connectivity index (χ1n) is 4.96. The molecule has 1 saturated carbocycles. The van der Waals surface area contributed by atoms with E-state index in [1.165, 1.54) is 6.07 Å². The molecule has 5 heteroatoms. The number of halogens is 2. The van der Waals surface area contributed by atoms with Crippen LogP contribution in [0, 0.1) is 17.0 Å². The van der Waals surface area contributed by atoms with Gasteiger partial charge in [0.05, 0.1) is 5.41 Å². The number of carbonyl (C=O) groups is 1. The van der Waals surface area contributed by atoms with Crippen LogP contribution in [-0.4, -0.2) is 17.6 Å². The van der Waals surface area contributed by atoms with Crippen LogP contribution in [-0.2, 0) is 4.79 Å². The van der Waals surface area contributed by atoms with E-state index in [1.807, 2.05) is 0 Å². The van der Waals surface area contributed by atoms with E-state index in [1.54, 1.807) is 0 Å². The van der Waals surface area contributed by atoms with Gasteiger partial charge in [-0.1, -0.05) is 0 Å². The third-order valence-corrected chi connectivity index (χ3v) is 2.86. The number of nitrogens with one attached hydrogen (secondary N) is 1. The van der Waals surface area contributed by atoms with Crippen LogP contribution in [0.2, 0.25) is 0 Å². The normalized spacial score (nSPS) is 16.9. The fourth-order valence-corrected chi connectivity index (χ4v) is 1.49. The van der Waals surface area contributed by atoms with E-state index in [0.29, 0.717) is 18.5 Å². The molecule has 0 aliphatic heterocycles. The first kappa shape index (κ1) is 10.9.